The van der Waals surface area contributed by atoms with Crippen molar-refractivity contribution in [2.45, 2.75) is 51.5 Å². The molecule has 6 heteroatoms. The smallest absolute Gasteiger partial charge is 0.241 e. The van der Waals surface area contributed by atoms with Crippen LogP contribution in [0.2, 0.25) is 0 Å². The summed E-state index contributed by atoms with van der Waals surface area (Å²) in [4.78, 5) is 0.433. The fourth-order valence-corrected chi connectivity index (χ4v) is 3.84. The average molecular weight is 329 g/mol. The van der Waals surface area contributed by atoms with Gasteiger partial charge in [-0.05, 0) is 37.8 Å². The van der Waals surface area contributed by atoms with E-state index in [9.17, 15) is 8.42 Å². The molecular formula is C15H24N2O2S2. The van der Waals surface area contributed by atoms with Crippen molar-refractivity contribution in [2.75, 3.05) is 0 Å². The molecule has 1 aromatic carbocycles. The summed E-state index contributed by atoms with van der Waals surface area (Å²) >= 11 is 4.91. The molecule has 0 aromatic heterocycles. The fraction of sp³-hybridized carbons (Fsp3) is 0.533. The third-order valence-electron chi connectivity index (χ3n) is 3.57. The Morgan fingerprint density at radius 3 is 2.52 bits per heavy atom. The highest BCUT2D eigenvalue weighted by molar-refractivity contribution is 7.89. The van der Waals surface area contributed by atoms with Gasteiger partial charge >= 0.3 is 0 Å². The normalized spacial score (nSPS) is 14.7. The van der Waals surface area contributed by atoms with E-state index in [-0.39, 0.29) is 15.9 Å². The zero-order valence-corrected chi connectivity index (χ0v) is 14.6. The van der Waals surface area contributed by atoms with Crippen LogP contribution in [0.5, 0.6) is 0 Å². The maximum Gasteiger partial charge on any atom is 0.241 e. The molecule has 0 fully saturated rings. The van der Waals surface area contributed by atoms with E-state index in [2.05, 4.69) is 18.6 Å². The molecule has 2 atom stereocenters. The Labute approximate surface area is 133 Å². The summed E-state index contributed by atoms with van der Waals surface area (Å²) < 4.78 is 27.8. The van der Waals surface area contributed by atoms with Gasteiger partial charge in [-0.25, -0.2) is 13.1 Å². The minimum absolute atomic E-state index is 0.113. The summed E-state index contributed by atoms with van der Waals surface area (Å²) in [5.74, 6) is 0.478. The first-order valence-corrected chi connectivity index (χ1v) is 8.99. The van der Waals surface area contributed by atoms with Crippen molar-refractivity contribution >= 4 is 27.2 Å². The van der Waals surface area contributed by atoms with Crippen LogP contribution in [-0.4, -0.2) is 19.4 Å². The Morgan fingerprint density at radius 1 is 1.38 bits per heavy atom. The second kappa shape index (κ2) is 7.33. The van der Waals surface area contributed by atoms with Crippen LogP contribution in [0.1, 0.15) is 44.7 Å². The minimum Gasteiger partial charge on any atom is -0.389 e. The maximum atomic E-state index is 12.5. The highest BCUT2D eigenvalue weighted by Crippen LogP contribution is 2.19. The first-order valence-electron chi connectivity index (χ1n) is 7.10. The summed E-state index contributed by atoms with van der Waals surface area (Å²) in [5, 5.41) is 0. The van der Waals surface area contributed by atoms with Gasteiger partial charge in [-0.3, -0.25) is 0 Å². The fourth-order valence-electron chi connectivity index (χ4n) is 2.19. The summed E-state index contributed by atoms with van der Waals surface area (Å²) in [5.41, 5.74) is 6.82. The molecule has 1 rings (SSSR count). The van der Waals surface area contributed by atoms with Gasteiger partial charge in [-0.1, -0.05) is 44.6 Å². The second-order valence-electron chi connectivity index (χ2n) is 5.62. The molecule has 0 aliphatic heterocycles. The van der Waals surface area contributed by atoms with Gasteiger partial charge in [0.1, 0.15) is 4.99 Å². The van der Waals surface area contributed by atoms with Gasteiger partial charge in [0.05, 0.1) is 4.90 Å². The van der Waals surface area contributed by atoms with Crippen LogP contribution in [0.25, 0.3) is 0 Å². The van der Waals surface area contributed by atoms with E-state index in [1.165, 1.54) is 6.07 Å². The molecule has 2 unspecified atom stereocenters. The van der Waals surface area contributed by atoms with Crippen molar-refractivity contribution in [3.8, 4) is 0 Å². The summed E-state index contributed by atoms with van der Waals surface area (Å²) in [6.07, 6.45) is 1.84. The molecule has 0 aliphatic carbocycles. The second-order valence-corrected chi connectivity index (χ2v) is 7.74. The van der Waals surface area contributed by atoms with Gasteiger partial charge in [0.25, 0.3) is 0 Å². The Hall–Kier alpha value is -0.980. The molecular weight excluding hydrogens is 304 g/mol. The molecule has 0 saturated heterocycles. The lowest BCUT2D eigenvalue weighted by Gasteiger charge is -2.18. The predicted octanol–water partition coefficient (Wildman–Crippen LogP) is 2.73. The quantitative estimate of drug-likeness (QED) is 0.755. The zero-order valence-electron chi connectivity index (χ0n) is 13.0. The van der Waals surface area contributed by atoms with Crippen molar-refractivity contribution in [1.29, 1.82) is 0 Å². The Balaban J connectivity index is 3.02. The highest BCUT2D eigenvalue weighted by Gasteiger charge is 2.21. The van der Waals surface area contributed by atoms with Gasteiger partial charge in [-0.15, -0.1) is 0 Å². The Bertz CT molecular complexity index is 612. The number of benzene rings is 1. The number of sulfonamides is 1. The Morgan fingerprint density at radius 2 is 2.00 bits per heavy atom. The number of nitrogens with one attached hydrogen (secondary N) is 1. The third kappa shape index (κ3) is 5.05. The number of rotatable bonds is 7. The van der Waals surface area contributed by atoms with Crippen molar-refractivity contribution < 1.29 is 8.42 Å². The Kier molecular flexibility index (Phi) is 6.31. The van der Waals surface area contributed by atoms with Crippen LogP contribution in [-0.2, 0) is 10.0 Å². The van der Waals surface area contributed by atoms with Crippen LogP contribution in [0, 0.1) is 12.8 Å². The van der Waals surface area contributed by atoms with E-state index in [4.69, 9.17) is 18.0 Å². The standard InChI is InChI=1S/C15H24N2O2S2/c1-5-10(2)8-12(4)17-21(18,19)14-9-13(15(16)20)7-6-11(14)3/h6-7,9-10,12,17H,5,8H2,1-4H3,(H2,16,20). The zero-order chi connectivity index (χ0) is 16.2. The molecule has 118 valence electrons. The first kappa shape index (κ1) is 18.1. The van der Waals surface area contributed by atoms with E-state index >= 15 is 0 Å². The maximum absolute atomic E-state index is 12.5. The van der Waals surface area contributed by atoms with Crippen molar-refractivity contribution in [2.24, 2.45) is 11.7 Å². The minimum atomic E-state index is -3.57. The van der Waals surface area contributed by atoms with Gasteiger partial charge in [0.15, 0.2) is 0 Å². The van der Waals surface area contributed by atoms with Crippen molar-refractivity contribution in [1.82, 2.24) is 4.72 Å². The predicted molar refractivity (Wildman–Crippen MR) is 90.9 cm³/mol. The molecule has 0 saturated carbocycles. The molecule has 0 heterocycles. The summed E-state index contributed by atoms with van der Waals surface area (Å²) in [6, 6.07) is 4.88. The largest absolute Gasteiger partial charge is 0.389 e. The van der Waals surface area contributed by atoms with Gasteiger partial charge in [0, 0.05) is 11.6 Å². The number of hydrogen-bond donors (Lipinski definition) is 2. The van der Waals surface area contributed by atoms with Crippen molar-refractivity contribution in [3.63, 3.8) is 0 Å². The molecule has 0 radical (unpaired) electrons. The van der Waals surface area contributed by atoms with E-state index < -0.39 is 10.0 Å². The molecule has 0 bridgehead atoms. The highest BCUT2D eigenvalue weighted by atomic mass is 32.2. The van der Waals surface area contributed by atoms with Crippen LogP contribution in [0.15, 0.2) is 23.1 Å². The van der Waals surface area contributed by atoms with E-state index in [1.807, 2.05) is 6.92 Å². The van der Waals surface area contributed by atoms with Gasteiger partial charge in [-0.2, -0.15) is 0 Å². The molecule has 0 aliphatic rings. The van der Waals surface area contributed by atoms with E-state index in [0.29, 0.717) is 17.0 Å². The molecule has 1 aromatic rings. The summed E-state index contributed by atoms with van der Waals surface area (Å²) in [7, 11) is -3.57. The van der Waals surface area contributed by atoms with E-state index in [0.717, 1.165) is 12.8 Å². The number of hydrogen-bond acceptors (Lipinski definition) is 3. The van der Waals surface area contributed by atoms with E-state index in [1.54, 1.807) is 19.1 Å². The lowest BCUT2D eigenvalue weighted by molar-refractivity contribution is 0.445. The number of thiocarbonyl (C=S) groups is 1. The summed E-state index contributed by atoms with van der Waals surface area (Å²) in [6.45, 7) is 7.86. The molecule has 21 heavy (non-hydrogen) atoms. The first-order chi connectivity index (χ1) is 9.67. The number of aryl methyl sites for hydroxylation is 1. The third-order valence-corrected chi connectivity index (χ3v) is 5.54. The van der Waals surface area contributed by atoms with Gasteiger partial charge < -0.3 is 5.73 Å². The van der Waals surface area contributed by atoms with Crippen LogP contribution in [0.4, 0.5) is 0 Å². The number of nitrogens with two attached hydrogens (primary N) is 1. The van der Waals surface area contributed by atoms with Crippen LogP contribution in [0.3, 0.4) is 0 Å². The SMILES string of the molecule is CCC(C)CC(C)NS(=O)(=O)c1cc(C(N)=S)ccc1C. The van der Waals surface area contributed by atoms with Gasteiger partial charge in [0.2, 0.25) is 10.0 Å². The monoisotopic (exact) mass is 328 g/mol. The molecule has 0 amide bonds. The van der Waals surface area contributed by atoms with Crippen LogP contribution >= 0.6 is 12.2 Å². The average Bonchev–Trinajstić information content (AvgIpc) is 2.37. The molecule has 0 spiro atoms. The topological polar surface area (TPSA) is 72.2 Å². The van der Waals surface area contributed by atoms with Crippen LogP contribution < -0.4 is 10.5 Å². The molecule has 4 nitrogen and oxygen atoms in total. The van der Waals surface area contributed by atoms with Crippen molar-refractivity contribution in [3.05, 3.63) is 29.3 Å². The lowest BCUT2D eigenvalue weighted by atomic mass is 10.0. The lowest BCUT2D eigenvalue weighted by Crippen LogP contribution is -2.34. The molecule has 3 N–H and O–H groups in total.